The molecule has 0 bridgehead atoms. The van der Waals surface area contributed by atoms with Crippen molar-refractivity contribution in [3.8, 4) is 5.75 Å². The molecule has 1 unspecified atom stereocenters. The number of amides is 1. The van der Waals surface area contributed by atoms with Crippen LogP contribution in [0.1, 0.15) is 24.0 Å². The molecule has 1 heterocycles. The van der Waals surface area contributed by atoms with Crippen LogP contribution in [0.25, 0.3) is 0 Å². The number of benzene rings is 1. The second kappa shape index (κ2) is 6.75. The Kier molecular flexibility index (Phi) is 5.01. The van der Waals surface area contributed by atoms with Gasteiger partial charge in [0, 0.05) is 24.7 Å². The van der Waals surface area contributed by atoms with Crippen molar-refractivity contribution < 1.29 is 9.53 Å². The van der Waals surface area contributed by atoms with Gasteiger partial charge in [-0.3, -0.25) is 4.79 Å². The topological polar surface area (TPSA) is 41.6 Å². The van der Waals surface area contributed by atoms with Crippen molar-refractivity contribution in [1.82, 2.24) is 10.2 Å². The smallest absolute Gasteiger partial charge is 0.227 e. The Morgan fingerprint density at radius 2 is 2.30 bits per heavy atom. The fraction of sp³-hybridized carbons (Fsp3) is 0.562. The van der Waals surface area contributed by atoms with E-state index < -0.39 is 0 Å². The van der Waals surface area contributed by atoms with Crippen LogP contribution in [0.4, 0.5) is 0 Å². The maximum Gasteiger partial charge on any atom is 0.227 e. The van der Waals surface area contributed by atoms with E-state index in [1.165, 1.54) is 0 Å². The van der Waals surface area contributed by atoms with Gasteiger partial charge in [0.15, 0.2) is 0 Å². The highest BCUT2D eigenvalue weighted by Crippen LogP contribution is 2.21. The monoisotopic (exact) mass is 276 g/mol. The summed E-state index contributed by atoms with van der Waals surface area (Å²) in [6, 6.07) is 6.40. The average molecular weight is 276 g/mol. The first-order valence-corrected chi connectivity index (χ1v) is 7.22. The van der Waals surface area contributed by atoms with Crippen molar-refractivity contribution >= 4 is 5.91 Å². The van der Waals surface area contributed by atoms with Gasteiger partial charge in [-0.1, -0.05) is 17.7 Å². The number of nitrogens with one attached hydrogen (secondary N) is 1. The summed E-state index contributed by atoms with van der Waals surface area (Å²) in [7, 11) is 3.61. The summed E-state index contributed by atoms with van der Waals surface area (Å²) >= 11 is 0. The molecule has 0 aliphatic carbocycles. The molecule has 1 amide bonds. The van der Waals surface area contributed by atoms with E-state index in [-0.39, 0.29) is 5.91 Å². The third-order valence-electron chi connectivity index (χ3n) is 3.96. The summed E-state index contributed by atoms with van der Waals surface area (Å²) in [6.45, 7) is 3.71. The molecule has 4 nitrogen and oxygen atoms in total. The molecular formula is C16H24N2O2. The minimum Gasteiger partial charge on any atom is -0.496 e. The Morgan fingerprint density at radius 3 is 3.00 bits per heavy atom. The first-order valence-electron chi connectivity index (χ1n) is 7.22. The fourth-order valence-electron chi connectivity index (χ4n) is 2.76. The normalized spacial score (nSPS) is 18.9. The lowest BCUT2D eigenvalue weighted by molar-refractivity contribution is -0.131. The zero-order valence-electron chi connectivity index (χ0n) is 12.6. The fourth-order valence-corrected chi connectivity index (χ4v) is 2.76. The molecule has 1 aromatic rings. The van der Waals surface area contributed by atoms with Crippen LogP contribution in [0.2, 0.25) is 0 Å². The van der Waals surface area contributed by atoms with Crippen LogP contribution in [-0.4, -0.2) is 44.1 Å². The van der Waals surface area contributed by atoms with Crippen molar-refractivity contribution in [2.24, 2.45) is 0 Å². The van der Waals surface area contributed by atoms with Gasteiger partial charge in [-0.05, 0) is 32.9 Å². The summed E-state index contributed by atoms with van der Waals surface area (Å²) in [5.74, 6) is 0.986. The van der Waals surface area contributed by atoms with Gasteiger partial charge in [0.2, 0.25) is 5.91 Å². The van der Waals surface area contributed by atoms with Crippen molar-refractivity contribution in [3.63, 3.8) is 0 Å². The molecule has 1 saturated heterocycles. The third kappa shape index (κ3) is 3.51. The molecular weight excluding hydrogens is 252 g/mol. The molecule has 0 spiro atoms. The SMILES string of the molecule is CNC1CCCN(C(=O)Cc2cc(C)ccc2OC)C1. The zero-order valence-corrected chi connectivity index (χ0v) is 12.6. The van der Waals surface area contributed by atoms with Crippen molar-refractivity contribution in [1.29, 1.82) is 0 Å². The number of likely N-dealkylation sites (tertiary alicyclic amines) is 1. The largest absolute Gasteiger partial charge is 0.496 e. The van der Waals surface area contributed by atoms with Gasteiger partial charge < -0.3 is 15.0 Å². The van der Waals surface area contributed by atoms with E-state index in [9.17, 15) is 4.79 Å². The molecule has 1 atom stereocenters. The van der Waals surface area contributed by atoms with Gasteiger partial charge in [0.05, 0.1) is 13.5 Å². The molecule has 1 aliphatic heterocycles. The number of aryl methyl sites for hydroxylation is 1. The van der Waals surface area contributed by atoms with Crippen LogP contribution < -0.4 is 10.1 Å². The first kappa shape index (κ1) is 14.9. The molecule has 1 N–H and O–H groups in total. The molecule has 2 rings (SSSR count). The van der Waals surface area contributed by atoms with Crippen LogP contribution in [0, 0.1) is 6.92 Å². The van der Waals surface area contributed by atoms with E-state index in [1.54, 1.807) is 7.11 Å². The third-order valence-corrected chi connectivity index (χ3v) is 3.96. The number of methoxy groups -OCH3 is 1. The molecule has 4 heteroatoms. The Hall–Kier alpha value is -1.55. The Balaban J connectivity index is 2.05. The Bertz CT molecular complexity index is 474. The molecule has 110 valence electrons. The summed E-state index contributed by atoms with van der Waals surface area (Å²) in [5.41, 5.74) is 2.13. The number of carbonyl (C=O) groups is 1. The molecule has 1 aromatic carbocycles. The van der Waals surface area contributed by atoms with Crippen molar-refractivity contribution in [3.05, 3.63) is 29.3 Å². The van der Waals surface area contributed by atoms with Gasteiger partial charge >= 0.3 is 0 Å². The molecule has 0 aromatic heterocycles. The predicted molar refractivity (Wildman–Crippen MR) is 80.1 cm³/mol. The molecule has 1 fully saturated rings. The van der Waals surface area contributed by atoms with E-state index in [4.69, 9.17) is 4.74 Å². The van der Waals surface area contributed by atoms with Crippen LogP contribution >= 0.6 is 0 Å². The highest BCUT2D eigenvalue weighted by Gasteiger charge is 2.23. The number of rotatable bonds is 4. The highest BCUT2D eigenvalue weighted by molar-refractivity contribution is 5.79. The molecule has 1 aliphatic rings. The lowest BCUT2D eigenvalue weighted by atomic mass is 10.0. The predicted octanol–water partition coefficient (Wildman–Crippen LogP) is 1.76. The van der Waals surface area contributed by atoms with Crippen molar-refractivity contribution in [2.75, 3.05) is 27.2 Å². The summed E-state index contributed by atoms with van der Waals surface area (Å²) in [6.07, 6.45) is 2.64. The number of ether oxygens (including phenoxy) is 1. The lowest BCUT2D eigenvalue weighted by Crippen LogP contribution is -2.47. The minimum atomic E-state index is 0.189. The molecule has 0 radical (unpaired) electrons. The molecule has 20 heavy (non-hydrogen) atoms. The minimum absolute atomic E-state index is 0.189. The van der Waals surface area contributed by atoms with E-state index in [2.05, 4.69) is 5.32 Å². The van der Waals surface area contributed by atoms with Crippen LogP contribution in [-0.2, 0) is 11.2 Å². The lowest BCUT2D eigenvalue weighted by Gasteiger charge is -2.32. The highest BCUT2D eigenvalue weighted by atomic mass is 16.5. The van der Waals surface area contributed by atoms with Gasteiger partial charge in [0.25, 0.3) is 0 Å². The first-order chi connectivity index (χ1) is 9.63. The maximum atomic E-state index is 12.5. The maximum absolute atomic E-state index is 12.5. The number of hydrogen-bond donors (Lipinski definition) is 1. The Morgan fingerprint density at radius 1 is 1.50 bits per heavy atom. The number of piperidine rings is 1. The number of hydrogen-bond acceptors (Lipinski definition) is 3. The zero-order chi connectivity index (χ0) is 14.5. The quantitative estimate of drug-likeness (QED) is 0.911. The number of nitrogens with zero attached hydrogens (tertiary/aromatic N) is 1. The Labute approximate surface area is 121 Å². The molecule has 0 saturated carbocycles. The van der Waals surface area contributed by atoms with Gasteiger partial charge in [0.1, 0.15) is 5.75 Å². The van der Waals surface area contributed by atoms with Gasteiger partial charge in [-0.15, -0.1) is 0 Å². The number of likely N-dealkylation sites (N-methyl/N-ethyl adjacent to an activating group) is 1. The second-order valence-corrected chi connectivity index (χ2v) is 5.46. The van der Waals surface area contributed by atoms with E-state index in [1.807, 2.05) is 37.1 Å². The summed E-state index contributed by atoms with van der Waals surface area (Å²) in [4.78, 5) is 14.4. The van der Waals surface area contributed by atoms with Crippen LogP contribution in [0.3, 0.4) is 0 Å². The summed E-state index contributed by atoms with van der Waals surface area (Å²) < 4.78 is 5.35. The van der Waals surface area contributed by atoms with E-state index in [0.717, 1.165) is 42.8 Å². The van der Waals surface area contributed by atoms with Gasteiger partial charge in [-0.25, -0.2) is 0 Å². The van der Waals surface area contributed by atoms with E-state index >= 15 is 0 Å². The second-order valence-electron chi connectivity index (χ2n) is 5.46. The average Bonchev–Trinajstić information content (AvgIpc) is 2.47. The van der Waals surface area contributed by atoms with Crippen molar-refractivity contribution in [2.45, 2.75) is 32.2 Å². The van der Waals surface area contributed by atoms with Crippen LogP contribution in [0.15, 0.2) is 18.2 Å². The van der Waals surface area contributed by atoms with Gasteiger partial charge in [-0.2, -0.15) is 0 Å². The standard InChI is InChI=1S/C16H24N2O2/c1-12-6-7-15(20-3)13(9-12)10-16(19)18-8-4-5-14(11-18)17-2/h6-7,9,14,17H,4-5,8,10-11H2,1-3H3. The van der Waals surface area contributed by atoms with E-state index in [0.29, 0.717) is 12.5 Å². The number of carbonyl (C=O) groups excluding carboxylic acids is 1. The summed E-state index contributed by atoms with van der Waals surface area (Å²) in [5, 5.41) is 3.27. The van der Waals surface area contributed by atoms with Crippen LogP contribution in [0.5, 0.6) is 5.75 Å².